The Morgan fingerprint density at radius 1 is 1.15 bits per heavy atom. The van der Waals surface area contributed by atoms with E-state index in [1.54, 1.807) is 6.92 Å². The molecule has 0 saturated heterocycles. The third-order valence-electron chi connectivity index (χ3n) is 7.17. The van der Waals surface area contributed by atoms with Gasteiger partial charge < -0.3 is 19.5 Å². The van der Waals surface area contributed by atoms with E-state index < -0.39 is 17.0 Å². The molecule has 0 aliphatic heterocycles. The summed E-state index contributed by atoms with van der Waals surface area (Å²) in [6.07, 6.45) is 6.11. The molecule has 0 N–H and O–H groups in total. The number of rotatable bonds is 15. The molecule has 0 radical (unpaired) electrons. The van der Waals surface area contributed by atoms with Crippen molar-refractivity contribution >= 4 is 18.0 Å². The van der Waals surface area contributed by atoms with Gasteiger partial charge in [0.25, 0.3) is 0 Å². The van der Waals surface area contributed by atoms with Gasteiger partial charge in [0.05, 0.1) is 13.2 Å². The van der Waals surface area contributed by atoms with Crippen molar-refractivity contribution in [1.29, 1.82) is 0 Å². The van der Waals surface area contributed by atoms with Gasteiger partial charge in [-0.15, -0.1) is 0 Å². The van der Waals surface area contributed by atoms with Crippen molar-refractivity contribution in [2.24, 2.45) is 22.7 Å². The Balaban J connectivity index is 0.00000408. The molecule has 4 saturated carbocycles. The molecule has 11 heteroatoms. The summed E-state index contributed by atoms with van der Waals surface area (Å²) in [4.78, 5) is 11.3. The van der Waals surface area contributed by atoms with Crippen LogP contribution < -0.4 is 34.8 Å². The van der Waals surface area contributed by atoms with E-state index in [9.17, 15) is 18.8 Å². The van der Waals surface area contributed by atoms with E-state index in [-0.39, 0.29) is 59.4 Å². The monoisotopic (exact) mass is 516 g/mol. The molecular formula is C23H35F2NaO7S. The number of esters is 1. The first-order chi connectivity index (χ1) is 15.6. The Labute approximate surface area is 227 Å². The van der Waals surface area contributed by atoms with Gasteiger partial charge in [0.15, 0.2) is 6.29 Å². The van der Waals surface area contributed by atoms with Gasteiger partial charge in [0.1, 0.15) is 12.0 Å². The molecule has 0 amide bonds. The van der Waals surface area contributed by atoms with Crippen molar-refractivity contribution in [3.8, 4) is 0 Å². The summed E-state index contributed by atoms with van der Waals surface area (Å²) in [6, 6.07) is 0. The summed E-state index contributed by atoms with van der Waals surface area (Å²) in [5.41, 5.74) is -0.177. The van der Waals surface area contributed by atoms with E-state index in [1.807, 2.05) is 6.92 Å². The molecule has 3 unspecified atom stereocenters. The second-order valence-corrected chi connectivity index (χ2v) is 11.3. The van der Waals surface area contributed by atoms with Gasteiger partial charge in [-0.1, -0.05) is 6.58 Å². The zero-order valence-corrected chi connectivity index (χ0v) is 23.3. The summed E-state index contributed by atoms with van der Waals surface area (Å²) in [5.74, 6) is 0.486. The normalized spacial score (nSPS) is 30.6. The number of halogens is 2. The van der Waals surface area contributed by atoms with Crippen LogP contribution in [0.5, 0.6) is 0 Å². The molecule has 4 bridgehead atoms. The summed E-state index contributed by atoms with van der Waals surface area (Å²) in [6.45, 7) is 8.31. The van der Waals surface area contributed by atoms with Crippen molar-refractivity contribution in [3.63, 3.8) is 0 Å². The molecule has 0 aromatic heterocycles. The van der Waals surface area contributed by atoms with Crippen LogP contribution in [0.4, 0.5) is 8.78 Å². The van der Waals surface area contributed by atoms with Gasteiger partial charge in [0, 0.05) is 18.6 Å². The van der Waals surface area contributed by atoms with Crippen LogP contribution in [-0.4, -0.2) is 37.3 Å². The molecule has 4 aliphatic carbocycles. The molecule has 34 heavy (non-hydrogen) atoms. The number of alkyl halides is 2. The largest absolute Gasteiger partial charge is 1.00 e. The first kappa shape index (κ1) is 30.4. The third-order valence-corrected chi connectivity index (χ3v) is 7.68. The fourth-order valence-electron chi connectivity index (χ4n) is 6.64. The fraction of sp³-hybridized carbons (Fsp3) is 0.870. The van der Waals surface area contributed by atoms with Crippen LogP contribution in [0.2, 0.25) is 0 Å². The Hall–Kier alpha value is 0.220. The molecule has 190 valence electrons. The van der Waals surface area contributed by atoms with Gasteiger partial charge in [0.2, 0.25) is 0 Å². The minimum atomic E-state index is -3.17. The molecular weight excluding hydrogens is 481 g/mol. The maximum Gasteiger partial charge on any atom is 1.00 e. The van der Waals surface area contributed by atoms with Crippen LogP contribution in [0.3, 0.4) is 0 Å². The molecule has 4 aliphatic rings. The number of hydrogen-bond acceptors (Lipinski definition) is 8. The van der Waals surface area contributed by atoms with E-state index >= 15 is 0 Å². The van der Waals surface area contributed by atoms with Crippen LogP contribution >= 0.6 is 12.0 Å². The van der Waals surface area contributed by atoms with E-state index in [0.717, 1.165) is 38.5 Å². The van der Waals surface area contributed by atoms with Gasteiger partial charge in [-0.25, -0.2) is 4.79 Å². The maximum atomic E-state index is 14.4. The summed E-state index contributed by atoms with van der Waals surface area (Å²) in [5, 5.41) is 9.95. The molecule has 3 atom stereocenters. The second-order valence-electron chi connectivity index (χ2n) is 10.4. The molecule has 0 heterocycles. The molecule has 0 aromatic rings. The SMILES string of the molecule is C=C(C)C(=O)OCCCCOC(C)OCC12CC3CC(C1)CC(CC(F)(F)SOO[O-])(C3)C2.[Na+]. The smallest absolute Gasteiger partial charge is 0.691 e. The zero-order valence-electron chi connectivity index (χ0n) is 20.4. The summed E-state index contributed by atoms with van der Waals surface area (Å²) in [7, 11) is 0. The first-order valence-corrected chi connectivity index (χ1v) is 12.4. The van der Waals surface area contributed by atoms with E-state index in [4.69, 9.17) is 14.2 Å². The third kappa shape index (κ3) is 8.66. The predicted molar refractivity (Wildman–Crippen MR) is 115 cm³/mol. The number of carbonyl (C=O) groups is 1. The number of carbonyl (C=O) groups excluding carboxylic acids is 1. The number of unbranched alkanes of at least 4 members (excludes halogenated alkanes) is 1. The summed E-state index contributed by atoms with van der Waals surface area (Å²) < 4.78 is 49.6. The van der Waals surface area contributed by atoms with Gasteiger partial charge in [-0.05, 0) is 87.9 Å². The first-order valence-electron chi connectivity index (χ1n) is 11.6. The van der Waals surface area contributed by atoms with E-state index in [0.29, 0.717) is 50.1 Å². The van der Waals surface area contributed by atoms with Crippen LogP contribution in [0.15, 0.2) is 12.2 Å². The average Bonchev–Trinajstić information content (AvgIpc) is 2.71. The predicted octanol–water partition coefficient (Wildman–Crippen LogP) is 1.71. The van der Waals surface area contributed by atoms with Crippen LogP contribution in [0.1, 0.15) is 71.6 Å². The number of ether oxygens (including phenoxy) is 3. The van der Waals surface area contributed by atoms with Crippen LogP contribution in [-0.2, 0) is 28.4 Å². The maximum absolute atomic E-state index is 14.4. The Bertz CT molecular complexity index is 682. The Kier molecular flexibility index (Phi) is 11.8. The minimum absolute atomic E-state index is 0. The van der Waals surface area contributed by atoms with Gasteiger partial charge in [-0.2, -0.15) is 13.1 Å². The number of hydrogen-bond donors (Lipinski definition) is 0. The quantitative estimate of drug-likeness (QED) is 0.0476. The Morgan fingerprint density at radius 2 is 1.76 bits per heavy atom. The minimum Gasteiger partial charge on any atom is -0.691 e. The van der Waals surface area contributed by atoms with Gasteiger partial charge >= 0.3 is 40.8 Å². The molecule has 0 aromatic carbocycles. The van der Waals surface area contributed by atoms with E-state index in [2.05, 4.69) is 16.0 Å². The Morgan fingerprint density at radius 3 is 2.38 bits per heavy atom. The fourth-order valence-corrected chi connectivity index (χ4v) is 7.13. The average molecular weight is 517 g/mol. The van der Waals surface area contributed by atoms with Crippen LogP contribution in [0.25, 0.3) is 0 Å². The standard InChI is InChI=1S/C23H36F2O7S.Na/c1-16(2)20(26)29-7-5-4-6-28-17(3)30-15-22-11-18-8-19(12-22)10-21(9-18,13-22)14-23(24,25)33-32-31-27;/h17-19,27H,1,4-15H2,2-3H3;/q;+1/p-1. The molecule has 7 nitrogen and oxygen atoms in total. The topological polar surface area (TPSA) is 86.3 Å². The summed E-state index contributed by atoms with van der Waals surface area (Å²) >= 11 is -0.189. The zero-order chi connectivity index (χ0) is 24.1. The van der Waals surface area contributed by atoms with Gasteiger partial charge in [-0.3, -0.25) is 5.04 Å². The van der Waals surface area contributed by atoms with Crippen LogP contribution in [0, 0.1) is 22.7 Å². The van der Waals surface area contributed by atoms with Crippen molar-refractivity contribution in [2.45, 2.75) is 83.2 Å². The van der Waals surface area contributed by atoms with Crippen molar-refractivity contribution in [2.75, 3.05) is 19.8 Å². The van der Waals surface area contributed by atoms with Crippen molar-refractivity contribution in [1.82, 2.24) is 0 Å². The van der Waals surface area contributed by atoms with Crippen molar-refractivity contribution < 1.29 is 72.0 Å². The molecule has 4 fully saturated rings. The van der Waals surface area contributed by atoms with Crippen molar-refractivity contribution in [3.05, 3.63) is 12.2 Å². The van der Waals surface area contributed by atoms with E-state index in [1.165, 1.54) is 0 Å². The molecule has 4 rings (SSSR count). The molecule has 0 spiro atoms. The second kappa shape index (κ2) is 13.1.